The number of anilines is 1. The van der Waals surface area contributed by atoms with Crippen LogP contribution in [0.25, 0.3) is 0 Å². The SMILES string of the molecule is COc1ccccc1N1C[C@H](C(=O)NCC(C)(C)c2cccc(C)c2)CC1=O. The lowest BCUT2D eigenvalue weighted by atomic mass is 9.84. The molecule has 5 nitrogen and oxygen atoms in total. The maximum atomic E-state index is 12.7. The molecule has 0 aliphatic carbocycles. The van der Waals surface area contributed by atoms with Gasteiger partial charge in [-0.1, -0.05) is 55.8 Å². The fourth-order valence-electron chi connectivity index (χ4n) is 3.59. The lowest BCUT2D eigenvalue weighted by Crippen LogP contribution is -2.40. The summed E-state index contributed by atoms with van der Waals surface area (Å²) in [6, 6.07) is 15.7. The molecule has 0 bridgehead atoms. The number of rotatable bonds is 6. The van der Waals surface area contributed by atoms with Crippen LogP contribution in [0, 0.1) is 12.8 Å². The quantitative estimate of drug-likeness (QED) is 0.835. The van der Waals surface area contributed by atoms with Crippen molar-refractivity contribution in [3.8, 4) is 5.75 Å². The number of methoxy groups -OCH3 is 1. The second kappa shape index (κ2) is 8.05. The first-order valence-corrected chi connectivity index (χ1v) is 9.60. The first-order chi connectivity index (χ1) is 13.3. The minimum atomic E-state index is -0.356. The minimum absolute atomic E-state index is 0.0532. The van der Waals surface area contributed by atoms with Crippen LogP contribution < -0.4 is 15.0 Å². The molecule has 0 unspecified atom stereocenters. The molecule has 2 aromatic rings. The molecule has 1 atom stereocenters. The molecular formula is C23H28N2O3. The van der Waals surface area contributed by atoms with Gasteiger partial charge in [-0.05, 0) is 24.6 Å². The van der Waals surface area contributed by atoms with Gasteiger partial charge in [0.15, 0.2) is 0 Å². The largest absolute Gasteiger partial charge is 0.495 e. The number of amides is 2. The normalized spacial score (nSPS) is 16.9. The molecule has 1 saturated heterocycles. The Morgan fingerprint density at radius 2 is 1.96 bits per heavy atom. The zero-order valence-corrected chi connectivity index (χ0v) is 17.0. The van der Waals surface area contributed by atoms with Crippen molar-refractivity contribution < 1.29 is 14.3 Å². The van der Waals surface area contributed by atoms with Gasteiger partial charge in [0, 0.05) is 24.9 Å². The fourth-order valence-corrected chi connectivity index (χ4v) is 3.59. The Morgan fingerprint density at radius 1 is 1.21 bits per heavy atom. The third-order valence-electron chi connectivity index (χ3n) is 5.38. The molecule has 0 spiro atoms. The van der Waals surface area contributed by atoms with E-state index in [1.54, 1.807) is 12.0 Å². The Hall–Kier alpha value is -2.82. The van der Waals surface area contributed by atoms with Crippen LogP contribution in [0.3, 0.4) is 0 Å². The standard InChI is InChI=1S/C23H28N2O3/c1-16-8-7-9-18(12-16)23(2,3)15-24-22(27)17-13-21(26)25(14-17)19-10-5-6-11-20(19)28-4/h5-12,17H,13-15H2,1-4H3,(H,24,27)/t17-/m1/s1. The summed E-state index contributed by atoms with van der Waals surface area (Å²) in [5.74, 6) is 0.150. The van der Waals surface area contributed by atoms with Crippen LogP contribution in [0.4, 0.5) is 5.69 Å². The van der Waals surface area contributed by atoms with E-state index in [4.69, 9.17) is 4.74 Å². The third-order valence-corrected chi connectivity index (χ3v) is 5.38. The summed E-state index contributed by atoms with van der Waals surface area (Å²) in [4.78, 5) is 26.9. The summed E-state index contributed by atoms with van der Waals surface area (Å²) in [6.45, 7) is 7.19. The highest BCUT2D eigenvalue weighted by molar-refractivity contribution is 6.01. The van der Waals surface area contributed by atoms with E-state index in [-0.39, 0.29) is 29.6 Å². The van der Waals surface area contributed by atoms with E-state index in [1.165, 1.54) is 11.1 Å². The maximum absolute atomic E-state index is 12.7. The molecule has 1 aliphatic heterocycles. The number of aryl methyl sites for hydroxylation is 1. The highest BCUT2D eigenvalue weighted by Crippen LogP contribution is 2.33. The van der Waals surface area contributed by atoms with Gasteiger partial charge in [-0.2, -0.15) is 0 Å². The van der Waals surface area contributed by atoms with Crippen LogP contribution in [-0.4, -0.2) is 32.0 Å². The molecule has 1 fully saturated rings. The van der Waals surface area contributed by atoms with Crippen molar-refractivity contribution >= 4 is 17.5 Å². The average Bonchev–Trinajstić information content (AvgIpc) is 3.07. The monoisotopic (exact) mass is 380 g/mol. The molecule has 2 aromatic carbocycles. The number of para-hydroxylation sites is 2. The molecule has 0 aromatic heterocycles. The van der Waals surface area contributed by atoms with Gasteiger partial charge < -0.3 is 15.0 Å². The summed E-state index contributed by atoms with van der Waals surface area (Å²) in [6.07, 6.45) is 0.217. The molecule has 0 saturated carbocycles. The molecule has 5 heteroatoms. The van der Waals surface area contributed by atoms with Crippen molar-refractivity contribution in [2.24, 2.45) is 5.92 Å². The van der Waals surface area contributed by atoms with E-state index in [0.29, 0.717) is 24.5 Å². The zero-order valence-electron chi connectivity index (χ0n) is 17.0. The predicted octanol–water partition coefficient (Wildman–Crippen LogP) is 3.45. The Kier molecular flexibility index (Phi) is 5.73. The highest BCUT2D eigenvalue weighted by Gasteiger charge is 2.36. The van der Waals surface area contributed by atoms with E-state index in [1.807, 2.05) is 30.3 Å². The summed E-state index contributed by atoms with van der Waals surface area (Å²) in [5.41, 5.74) is 2.91. The van der Waals surface area contributed by atoms with E-state index in [2.05, 4.69) is 44.3 Å². The number of hydrogen-bond donors (Lipinski definition) is 1. The predicted molar refractivity (Wildman–Crippen MR) is 111 cm³/mol. The number of benzene rings is 2. The summed E-state index contributed by atoms with van der Waals surface area (Å²) in [7, 11) is 1.58. The molecule has 28 heavy (non-hydrogen) atoms. The smallest absolute Gasteiger partial charge is 0.227 e. The van der Waals surface area contributed by atoms with Crippen molar-refractivity contribution in [3.63, 3.8) is 0 Å². The maximum Gasteiger partial charge on any atom is 0.227 e. The molecule has 2 amide bonds. The minimum Gasteiger partial charge on any atom is -0.495 e. The molecule has 148 valence electrons. The Balaban J connectivity index is 1.65. The van der Waals surface area contributed by atoms with Crippen LogP contribution >= 0.6 is 0 Å². The lowest BCUT2D eigenvalue weighted by molar-refractivity contribution is -0.126. The van der Waals surface area contributed by atoms with Crippen LogP contribution in [0.15, 0.2) is 48.5 Å². The summed E-state index contributed by atoms with van der Waals surface area (Å²) in [5, 5.41) is 3.05. The van der Waals surface area contributed by atoms with E-state index >= 15 is 0 Å². The number of nitrogens with one attached hydrogen (secondary N) is 1. The van der Waals surface area contributed by atoms with Crippen LogP contribution in [0.1, 0.15) is 31.4 Å². The van der Waals surface area contributed by atoms with Crippen molar-refractivity contribution in [3.05, 3.63) is 59.7 Å². The fraction of sp³-hybridized carbons (Fsp3) is 0.391. The number of ether oxygens (including phenoxy) is 1. The lowest BCUT2D eigenvalue weighted by Gasteiger charge is -2.27. The Morgan fingerprint density at radius 3 is 2.68 bits per heavy atom. The first kappa shape index (κ1) is 19.9. The number of carbonyl (C=O) groups excluding carboxylic acids is 2. The number of hydrogen-bond acceptors (Lipinski definition) is 3. The van der Waals surface area contributed by atoms with Crippen molar-refractivity contribution in [2.75, 3.05) is 25.1 Å². The average molecular weight is 380 g/mol. The Bertz CT molecular complexity index is 876. The highest BCUT2D eigenvalue weighted by atomic mass is 16.5. The second-order valence-electron chi connectivity index (χ2n) is 8.05. The van der Waals surface area contributed by atoms with Gasteiger partial charge in [-0.15, -0.1) is 0 Å². The number of nitrogens with zero attached hydrogens (tertiary/aromatic N) is 1. The van der Waals surface area contributed by atoms with Gasteiger partial charge in [0.05, 0.1) is 18.7 Å². The van der Waals surface area contributed by atoms with Crippen molar-refractivity contribution in [2.45, 2.75) is 32.6 Å². The molecule has 1 aliphatic rings. The Labute approximate surface area is 166 Å². The molecule has 3 rings (SSSR count). The topological polar surface area (TPSA) is 58.6 Å². The van der Waals surface area contributed by atoms with E-state index in [0.717, 1.165) is 0 Å². The number of carbonyl (C=O) groups is 2. The first-order valence-electron chi connectivity index (χ1n) is 9.60. The van der Waals surface area contributed by atoms with Gasteiger partial charge in [0.1, 0.15) is 5.75 Å². The van der Waals surface area contributed by atoms with Crippen LogP contribution in [0.5, 0.6) is 5.75 Å². The summed E-state index contributed by atoms with van der Waals surface area (Å²) < 4.78 is 5.36. The molecule has 1 N–H and O–H groups in total. The van der Waals surface area contributed by atoms with Crippen molar-refractivity contribution in [1.29, 1.82) is 0 Å². The molecular weight excluding hydrogens is 352 g/mol. The van der Waals surface area contributed by atoms with E-state index < -0.39 is 0 Å². The molecule has 0 radical (unpaired) electrons. The van der Waals surface area contributed by atoms with Crippen LogP contribution in [-0.2, 0) is 15.0 Å². The second-order valence-corrected chi connectivity index (χ2v) is 8.05. The molecule has 1 heterocycles. The van der Waals surface area contributed by atoms with Crippen molar-refractivity contribution in [1.82, 2.24) is 5.32 Å². The summed E-state index contributed by atoms with van der Waals surface area (Å²) >= 11 is 0. The van der Waals surface area contributed by atoms with Gasteiger partial charge in [0.2, 0.25) is 11.8 Å². The van der Waals surface area contributed by atoms with Gasteiger partial charge in [-0.3, -0.25) is 9.59 Å². The zero-order chi connectivity index (χ0) is 20.3. The van der Waals surface area contributed by atoms with Crippen LogP contribution in [0.2, 0.25) is 0 Å². The van der Waals surface area contributed by atoms with Gasteiger partial charge in [0.25, 0.3) is 0 Å². The van der Waals surface area contributed by atoms with Gasteiger partial charge in [-0.25, -0.2) is 0 Å². The third kappa shape index (κ3) is 4.19. The van der Waals surface area contributed by atoms with E-state index in [9.17, 15) is 9.59 Å². The van der Waals surface area contributed by atoms with Gasteiger partial charge >= 0.3 is 0 Å².